The summed E-state index contributed by atoms with van der Waals surface area (Å²) in [5.41, 5.74) is 1.50. The monoisotopic (exact) mass is 311 g/mol. The number of nitrogens with zero attached hydrogens (tertiary/aromatic N) is 4. The van der Waals surface area contributed by atoms with E-state index in [-0.39, 0.29) is 6.16 Å². The second-order valence-corrected chi connectivity index (χ2v) is 7.18. The highest BCUT2D eigenvalue weighted by Gasteiger charge is 2.24. The minimum absolute atomic E-state index is 0.0179. The number of imidazole rings is 1. The summed E-state index contributed by atoms with van der Waals surface area (Å²) in [6.07, 6.45) is 5.52. The van der Waals surface area contributed by atoms with Gasteiger partial charge < -0.3 is 19.7 Å². The molecule has 1 fully saturated rings. The largest absolute Gasteiger partial charge is 0.355 e. The van der Waals surface area contributed by atoms with Crippen LogP contribution in [0.25, 0.3) is 11.2 Å². The van der Waals surface area contributed by atoms with E-state index >= 15 is 0 Å². The first-order valence-electron chi connectivity index (χ1n) is 6.96. The van der Waals surface area contributed by atoms with E-state index in [1.165, 1.54) is 6.33 Å². The molecule has 3 N–H and O–H groups in total. The molecule has 0 aliphatic carbocycles. The molecule has 0 bridgehead atoms. The molecule has 0 amide bonds. The third-order valence-corrected chi connectivity index (χ3v) is 4.79. The average molecular weight is 311 g/mol. The SMILES string of the molecule is O=P(O)(O)CCC1CCN(c2ncnc3nc[nH]c23)CC1. The van der Waals surface area contributed by atoms with Gasteiger partial charge in [-0.1, -0.05) is 0 Å². The Morgan fingerprint density at radius 2 is 2.05 bits per heavy atom. The van der Waals surface area contributed by atoms with Gasteiger partial charge in [0, 0.05) is 13.1 Å². The summed E-state index contributed by atoms with van der Waals surface area (Å²) in [6.45, 7) is 1.66. The smallest absolute Gasteiger partial charge is 0.325 e. The summed E-state index contributed by atoms with van der Waals surface area (Å²) in [7, 11) is -3.88. The van der Waals surface area contributed by atoms with Gasteiger partial charge in [0.05, 0.1) is 12.5 Å². The van der Waals surface area contributed by atoms with Crippen molar-refractivity contribution in [3.8, 4) is 0 Å². The molecule has 2 aromatic heterocycles. The van der Waals surface area contributed by atoms with E-state index in [0.717, 1.165) is 37.3 Å². The molecule has 0 spiro atoms. The second kappa shape index (κ2) is 5.71. The number of H-pyrrole nitrogens is 1. The third kappa shape index (κ3) is 3.40. The van der Waals surface area contributed by atoms with Crippen molar-refractivity contribution in [3.05, 3.63) is 12.7 Å². The van der Waals surface area contributed by atoms with Gasteiger partial charge in [-0.05, 0) is 25.2 Å². The summed E-state index contributed by atoms with van der Waals surface area (Å²) in [5.74, 6) is 1.22. The number of aromatic amines is 1. The van der Waals surface area contributed by atoms with Crippen molar-refractivity contribution in [3.63, 3.8) is 0 Å². The second-order valence-electron chi connectivity index (χ2n) is 5.41. The van der Waals surface area contributed by atoms with E-state index in [1.54, 1.807) is 6.33 Å². The zero-order valence-corrected chi connectivity index (χ0v) is 12.4. The quantitative estimate of drug-likeness (QED) is 0.725. The number of anilines is 1. The molecule has 0 atom stereocenters. The molecule has 8 nitrogen and oxygen atoms in total. The average Bonchev–Trinajstić information content (AvgIpc) is 2.93. The standard InChI is InChI=1S/C12H18N5O3P/c18-21(19,20)6-3-9-1-4-17(5-2-9)12-10-11(14-7-13-10)15-8-16-12/h7-9H,1-6H2,(H2,18,19,20)(H,13,14,15,16). The van der Waals surface area contributed by atoms with Crippen molar-refractivity contribution < 1.29 is 14.4 Å². The minimum atomic E-state index is -3.88. The Morgan fingerprint density at radius 3 is 2.76 bits per heavy atom. The van der Waals surface area contributed by atoms with Crippen LogP contribution in [0.5, 0.6) is 0 Å². The predicted octanol–water partition coefficient (Wildman–Crippen LogP) is 1.14. The van der Waals surface area contributed by atoms with Crippen LogP contribution in [0.2, 0.25) is 0 Å². The molecule has 3 heterocycles. The van der Waals surface area contributed by atoms with Crippen molar-refractivity contribution in [2.45, 2.75) is 19.3 Å². The minimum Gasteiger partial charge on any atom is -0.355 e. The molecule has 1 saturated heterocycles. The Bertz CT molecular complexity index is 662. The van der Waals surface area contributed by atoms with Crippen LogP contribution in [0.3, 0.4) is 0 Å². The van der Waals surface area contributed by atoms with Crippen molar-refractivity contribution in [1.82, 2.24) is 19.9 Å². The van der Waals surface area contributed by atoms with E-state index in [1.807, 2.05) is 0 Å². The fraction of sp³-hybridized carbons (Fsp3) is 0.583. The molecule has 21 heavy (non-hydrogen) atoms. The Labute approximate surface area is 121 Å². The van der Waals surface area contributed by atoms with Crippen molar-refractivity contribution in [2.75, 3.05) is 24.2 Å². The van der Waals surface area contributed by atoms with Crippen molar-refractivity contribution in [1.29, 1.82) is 0 Å². The lowest BCUT2D eigenvalue weighted by Gasteiger charge is -2.32. The lowest BCUT2D eigenvalue weighted by Crippen LogP contribution is -2.34. The van der Waals surface area contributed by atoms with E-state index in [4.69, 9.17) is 9.79 Å². The molecule has 3 rings (SSSR count). The van der Waals surface area contributed by atoms with Crippen LogP contribution in [0, 0.1) is 5.92 Å². The molecule has 0 unspecified atom stereocenters. The Balaban J connectivity index is 1.63. The lowest BCUT2D eigenvalue weighted by molar-refractivity contribution is 0.350. The highest BCUT2D eigenvalue weighted by molar-refractivity contribution is 7.51. The Morgan fingerprint density at radius 1 is 1.29 bits per heavy atom. The topological polar surface area (TPSA) is 115 Å². The van der Waals surface area contributed by atoms with E-state index in [2.05, 4.69) is 24.8 Å². The first-order valence-corrected chi connectivity index (χ1v) is 8.76. The Kier molecular flexibility index (Phi) is 3.93. The molecule has 0 aromatic carbocycles. The number of hydrogen-bond acceptors (Lipinski definition) is 5. The van der Waals surface area contributed by atoms with Crippen LogP contribution < -0.4 is 4.90 Å². The Hall–Kier alpha value is -1.50. The zero-order valence-electron chi connectivity index (χ0n) is 11.5. The van der Waals surface area contributed by atoms with Gasteiger partial charge in [-0.15, -0.1) is 0 Å². The molecule has 0 saturated carbocycles. The van der Waals surface area contributed by atoms with E-state index in [9.17, 15) is 4.57 Å². The van der Waals surface area contributed by atoms with E-state index < -0.39 is 7.60 Å². The number of aromatic nitrogens is 4. The van der Waals surface area contributed by atoms with E-state index in [0.29, 0.717) is 18.0 Å². The third-order valence-electron chi connectivity index (χ3n) is 3.95. The maximum Gasteiger partial charge on any atom is 0.325 e. The molecule has 114 valence electrons. The van der Waals surface area contributed by atoms with Crippen molar-refractivity contribution >= 4 is 24.6 Å². The maximum absolute atomic E-state index is 10.9. The summed E-state index contributed by atoms with van der Waals surface area (Å²) in [5, 5.41) is 0. The number of hydrogen-bond donors (Lipinski definition) is 3. The molecular formula is C12H18N5O3P. The molecule has 0 radical (unpaired) electrons. The summed E-state index contributed by atoms with van der Waals surface area (Å²) < 4.78 is 10.9. The van der Waals surface area contributed by atoms with Gasteiger partial charge in [-0.2, -0.15) is 0 Å². The molecule has 2 aromatic rings. The van der Waals surface area contributed by atoms with Gasteiger partial charge in [0.2, 0.25) is 0 Å². The highest BCUT2D eigenvalue weighted by atomic mass is 31.2. The maximum atomic E-state index is 10.9. The molecule has 1 aliphatic rings. The van der Waals surface area contributed by atoms with Gasteiger partial charge >= 0.3 is 7.60 Å². The van der Waals surface area contributed by atoms with Gasteiger partial charge in [0.1, 0.15) is 11.8 Å². The molecular weight excluding hydrogens is 293 g/mol. The normalized spacial score (nSPS) is 17.5. The fourth-order valence-electron chi connectivity index (χ4n) is 2.78. The van der Waals surface area contributed by atoms with Gasteiger partial charge in [0.15, 0.2) is 11.5 Å². The van der Waals surface area contributed by atoms with Crippen LogP contribution in [-0.4, -0.2) is 49.0 Å². The van der Waals surface area contributed by atoms with Gasteiger partial charge in [-0.3, -0.25) is 4.57 Å². The molecule has 9 heteroatoms. The van der Waals surface area contributed by atoms with Crippen LogP contribution in [0.1, 0.15) is 19.3 Å². The number of piperidine rings is 1. The predicted molar refractivity (Wildman–Crippen MR) is 78.1 cm³/mol. The van der Waals surface area contributed by atoms with Gasteiger partial charge in [-0.25, -0.2) is 15.0 Å². The van der Waals surface area contributed by atoms with Crippen LogP contribution in [-0.2, 0) is 4.57 Å². The number of rotatable bonds is 4. The lowest BCUT2D eigenvalue weighted by atomic mass is 9.94. The fourth-order valence-corrected chi connectivity index (χ4v) is 3.48. The summed E-state index contributed by atoms with van der Waals surface area (Å²) in [6, 6.07) is 0. The zero-order chi connectivity index (χ0) is 14.9. The summed E-state index contributed by atoms with van der Waals surface area (Å²) >= 11 is 0. The summed E-state index contributed by atoms with van der Waals surface area (Å²) in [4.78, 5) is 35.7. The van der Waals surface area contributed by atoms with Gasteiger partial charge in [0.25, 0.3) is 0 Å². The van der Waals surface area contributed by atoms with Crippen LogP contribution >= 0.6 is 7.60 Å². The first-order chi connectivity index (χ1) is 10.0. The number of fused-ring (bicyclic) bond motifs is 1. The number of nitrogens with one attached hydrogen (secondary N) is 1. The highest BCUT2D eigenvalue weighted by Crippen LogP contribution is 2.38. The first kappa shape index (κ1) is 14.4. The molecule has 1 aliphatic heterocycles. The van der Waals surface area contributed by atoms with Crippen LogP contribution in [0.15, 0.2) is 12.7 Å². The van der Waals surface area contributed by atoms with Crippen molar-refractivity contribution in [2.24, 2.45) is 5.92 Å². The van der Waals surface area contributed by atoms with Crippen LogP contribution in [0.4, 0.5) is 5.82 Å².